The van der Waals surface area contributed by atoms with Crippen molar-refractivity contribution < 1.29 is 28.3 Å². The summed E-state index contributed by atoms with van der Waals surface area (Å²) in [5.41, 5.74) is 0.980. The molecule has 0 aliphatic rings. The topological polar surface area (TPSA) is 78.7 Å². The molecule has 10 heteroatoms. The van der Waals surface area contributed by atoms with E-state index in [0.717, 1.165) is 0 Å². The monoisotopic (exact) mass is 456 g/mol. The Balaban J connectivity index is 2.37. The highest BCUT2D eigenvalue weighted by Gasteiger charge is 2.21. The van der Waals surface area contributed by atoms with E-state index in [9.17, 15) is 9.18 Å². The number of rotatable bonds is 9. The SMILES string of the molecule is COC/C(=N\OCc1c(Cl)cccc1/C(=N\OC)C(=O)OC)c1cc(Cl)ccc1F. The van der Waals surface area contributed by atoms with Crippen molar-refractivity contribution in [3.8, 4) is 0 Å². The lowest BCUT2D eigenvalue weighted by Gasteiger charge is -2.12. The molecule has 0 radical (unpaired) electrons. The van der Waals surface area contributed by atoms with Gasteiger partial charge in [-0.2, -0.15) is 0 Å². The molecule has 7 nitrogen and oxygen atoms in total. The van der Waals surface area contributed by atoms with Crippen LogP contribution in [0.3, 0.4) is 0 Å². The van der Waals surface area contributed by atoms with E-state index in [-0.39, 0.29) is 30.2 Å². The summed E-state index contributed by atoms with van der Waals surface area (Å²) in [4.78, 5) is 22.2. The molecule has 2 aromatic carbocycles. The highest BCUT2D eigenvalue weighted by atomic mass is 35.5. The predicted octanol–water partition coefficient (Wildman–Crippen LogP) is 4.22. The number of hydrogen-bond donors (Lipinski definition) is 0. The number of esters is 1. The van der Waals surface area contributed by atoms with Gasteiger partial charge in [-0.3, -0.25) is 0 Å². The molecule has 0 spiro atoms. The summed E-state index contributed by atoms with van der Waals surface area (Å²) in [5, 5.41) is 8.34. The van der Waals surface area contributed by atoms with E-state index in [1.807, 2.05) is 0 Å². The third kappa shape index (κ3) is 5.91. The van der Waals surface area contributed by atoms with Crippen molar-refractivity contribution in [1.82, 2.24) is 0 Å². The minimum Gasteiger partial charge on any atom is -0.464 e. The van der Waals surface area contributed by atoms with Gasteiger partial charge in [-0.15, -0.1) is 0 Å². The summed E-state index contributed by atoms with van der Waals surface area (Å²) < 4.78 is 24.0. The normalized spacial score (nSPS) is 11.9. The number of oxime groups is 2. The van der Waals surface area contributed by atoms with Gasteiger partial charge in [-0.25, -0.2) is 9.18 Å². The molecule has 2 aromatic rings. The van der Waals surface area contributed by atoms with Crippen molar-refractivity contribution in [2.24, 2.45) is 10.3 Å². The van der Waals surface area contributed by atoms with Gasteiger partial charge in [0, 0.05) is 33.8 Å². The molecule has 160 valence electrons. The number of carbonyl (C=O) groups is 1. The van der Waals surface area contributed by atoms with Crippen molar-refractivity contribution in [2.45, 2.75) is 6.61 Å². The van der Waals surface area contributed by atoms with E-state index >= 15 is 0 Å². The Morgan fingerprint density at radius 1 is 1.07 bits per heavy atom. The number of nitrogens with zero attached hydrogens (tertiary/aromatic N) is 2. The number of benzene rings is 2. The summed E-state index contributed by atoms with van der Waals surface area (Å²) in [6, 6.07) is 8.91. The zero-order chi connectivity index (χ0) is 22.1. The fourth-order valence-electron chi connectivity index (χ4n) is 2.49. The zero-order valence-electron chi connectivity index (χ0n) is 16.4. The van der Waals surface area contributed by atoms with Crippen LogP contribution >= 0.6 is 23.2 Å². The second-order valence-corrected chi connectivity index (χ2v) is 6.59. The van der Waals surface area contributed by atoms with Crippen LogP contribution in [-0.2, 0) is 30.6 Å². The average molecular weight is 457 g/mol. The molecule has 0 aliphatic carbocycles. The highest BCUT2D eigenvalue weighted by molar-refractivity contribution is 6.44. The van der Waals surface area contributed by atoms with Crippen LogP contribution in [-0.4, -0.2) is 45.3 Å². The summed E-state index contributed by atoms with van der Waals surface area (Å²) in [6.45, 7) is -0.171. The molecule has 0 unspecified atom stereocenters. The van der Waals surface area contributed by atoms with Gasteiger partial charge >= 0.3 is 5.97 Å². The first kappa shape index (κ1) is 23.6. The van der Waals surface area contributed by atoms with Crippen LogP contribution in [0.5, 0.6) is 0 Å². The minimum absolute atomic E-state index is 0.0226. The molecule has 0 aliphatic heterocycles. The molecule has 0 fully saturated rings. The molecule has 0 atom stereocenters. The summed E-state index contributed by atoms with van der Waals surface area (Å²) in [7, 11) is 3.95. The third-order valence-corrected chi connectivity index (χ3v) is 4.43. The molecule has 2 rings (SSSR count). The predicted molar refractivity (Wildman–Crippen MR) is 112 cm³/mol. The van der Waals surface area contributed by atoms with Crippen molar-refractivity contribution >= 4 is 40.6 Å². The van der Waals surface area contributed by atoms with Gasteiger partial charge in [0.2, 0.25) is 0 Å². The van der Waals surface area contributed by atoms with Crippen LogP contribution in [0.2, 0.25) is 10.0 Å². The van der Waals surface area contributed by atoms with Crippen LogP contribution < -0.4 is 0 Å². The fourth-order valence-corrected chi connectivity index (χ4v) is 2.90. The molecule has 0 amide bonds. The Hall–Kier alpha value is -2.68. The van der Waals surface area contributed by atoms with Gasteiger partial charge in [0.05, 0.1) is 13.7 Å². The molecular formula is C20H19Cl2FN2O5. The first-order chi connectivity index (χ1) is 14.4. The Morgan fingerprint density at radius 3 is 2.50 bits per heavy atom. The van der Waals surface area contributed by atoms with E-state index in [1.54, 1.807) is 18.2 Å². The molecule has 0 N–H and O–H groups in total. The Morgan fingerprint density at radius 2 is 1.83 bits per heavy atom. The Kier molecular flexibility index (Phi) is 9.04. The smallest absolute Gasteiger partial charge is 0.360 e. The van der Waals surface area contributed by atoms with Crippen LogP contribution in [0.4, 0.5) is 4.39 Å². The van der Waals surface area contributed by atoms with Crippen LogP contribution in [0.15, 0.2) is 46.7 Å². The fraction of sp³-hybridized carbons (Fsp3) is 0.250. The van der Waals surface area contributed by atoms with Crippen molar-refractivity contribution in [1.29, 1.82) is 0 Å². The maximum Gasteiger partial charge on any atom is 0.360 e. The van der Waals surface area contributed by atoms with E-state index in [4.69, 9.17) is 42.4 Å². The van der Waals surface area contributed by atoms with Crippen LogP contribution in [0.1, 0.15) is 16.7 Å². The second-order valence-electron chi connectivity index (χ2n) is 5.75. The van der Waals surface area contributed by atoms with Crippen molar-refractivity contribution in [3.63, 3.8) is 0 Å². The van der Waals surface area contributed by atoms with Crippen molar-refractivity contribution in [3.05, 3.63) is 69.0 Å². The quantitative estimate of drug-likeness (QED) is 0.320. The van der Waals surface area contributed by atoms with Crippen molar-refractivity contribution in [2.75, 3.05) is 27.9 Å². The summed E-state index contributed by atoms with van der Waals surface area (Å²) in [5.74, 6) is -1.25. The zero-order valence-corrected chi connectivity index (χ0v) is 18.0. The molecule has 0 saturated heterocycles. The Labute approximate surface area is 182 Å². The first-order valence-corrected chi connectivity index (χ1v) is 9.28. The molecule has 30 heavy (non-hydrogen) atoms. The number of halogens is 3. The van der Waals surface area contributed by atoms with E-state index in [0.29, 0.717) is 21.2 Å². The molecule has 0 heterocycles. The van der Waals surface area contributed by atoms with E-state index < -0.39 is 11.8 Å². The third-order valence-electron chi connectivity index (χ3n) is 3.84. The van der Waals surface area contributed by atoms with E-state index in [2.05, 4.69) is 10.3 Å². The van der Waals surface area contributed by atoms with Gasteiger partial charge in [0.25, 0.3) is 0 Å². The minimum atomic E-state index is -0.718. The lowest BCUT2D eigenvalue weighted by atomic mass is 10.0. The van der Waals surface area contributed by atoms with Gasteiger partial charge in [-0.1, -0.05) is 45.6 Å². The van der Waals surface area contributed by atoms with Gasteiger partial charge in [0.15, 0.2) is 5.71 Å². The maximum absolute atomic E-state index is 14.2. The first-order valence-electron chi connectivity index (χ1n) is 8.53. The maximum atomic E-state index is 14.2. The number of methoxy groups -OCH3 is 2. The lowest BCUT2D eigenvalue weighted by molar-refractivity contribution is -0.132. The van der Waals surface area contributed by atoms with E-state index in [1.165, 1.54) is 39.5 Å². The Bertz CT molecular complexity index is 966. The lowest BCUT2D eigenvalue weighted by Crippen LogP contribution is -2.20. The summed E-state index contributed by atoms with van der Waals surface area (Å²) >= 11 is 12.2. The number of carbonyl (C=O) groups excluding carboxylic acids is 1. The van der Waals surface area contributed by atoms with Crippen LogP contribution in [0.25, 0.3) is 0 Å². The molecular weight excluding hydrogens is 438 g/mol. The number of hydrogen-bond acceptors (Lipinski definition) is 7. The second kappa shape index (κ2) is 11.5. The van der Waals surface area contributed by atoms with Gasteiger partial charge in [-0.05, 0) is 24.3 Å². The molecule has 0 saturated carbocycles. The van der Waals surface area contributed by atoms with Gasteiger partial charge in [0.1, 0.15) is 25.2 Å². The van der Waals surface area contributed by atoms with Gasteiger partial charge < -0.3 is 19.1 Å². The standard InChI is InChI=1S/C20H19Cl2FN2O5/c1-27-11-18(14-9-12(21)7-8-17(14)23)24-30-10-15-13(5-4-6-16(15)22)19(25-29-3)20(26)28-2/h4-9H,10-11H2,1-3H3/b24-18+,25-19+. The largest absolute Gasteiger partial charge is 0.464 e. The molecule has 0 aromatic heterocycles. The summed E-state index contributed by atoms with van der Waals surface area (Å²) in [6.07, 6.45) is 0. The van der Waals surface area contributed by atoms with Crippen LogP contribution in [0, 0.1) is 5.82 Å². The molecule has 0 bridgehead atoms. The average Bonchev–Trinajstić information content (AvgIpc) is 2.73. The number of ether oxygens (including phenoxy) is 2. The highest BCUT2D eigenvalue weighted by Crippen LogP contribution is 2.23.